The van der Waals surface area contributed by atoms with E-state index in [-0.39, 0.29) is 0 Å². The summed E-state index contributed by atoms with van der Waals surface area (Å²) in [7, 11) is 13.0. The fraction of sp³-hybridized carbons (Fsp3) is 0.533. The molecule has 2 aromatic rings. The molecule has 0 aromatic heterocycles. The number of nitrogens with zero attached hydrogens (tertiary/aromatic N) is 4. The van der Waals surface area contributed by atoms with E-state index >= 15 is 0 Å². The summed E-state index contributed by atoms with van der Waals surface area (Å²) in [4.78, 5) is 9.35. The quantitative estimate of drug-likeness (QED) is 0.259. The minimum atomic E-state index is 0.622. The average molecular weight is 683 g/mol. The van der Waals surface area contributed by atoms with Crippen LogP contribution in [-0.2, 0) is 13.1 Å². The third kappa shape index (κ3) is 8.26. The molecule has 0 radical (unpaired) electrons. The first-order chi connectivity index (χ1) is 21.4. The summed E-state index contributed by atoms with van der Waals surface area (Å²) in [6.45, 7) is 8.61. The second-order valence-electron chi connectivity index (χ2n) is 10.2. The third-order valence-electron chi connectivity index (χ3n) is 7.80. The monoisotopic (exact) mass is 682 g/mol. The molecular formula is C30H42N4O6S4. The minimum absolute atomic E-state index is 0.622. The summed E-state index contributed by atoms with van der Waals surface area (Å²) >= 11 is 11.6. The van der Waals surface area contributed by atoms with Crippen molar-refractivity contribution >= 4 is 54.7 Å². The summed E-state index contributed by atoms with van der Waals surface area (Å²) in [6, 6.07) is 7.93. The first-order valence-electron chi connectivity index (χ1n) is 14.3. The van der Waals surface area contributed by atoms with Crippen molar-refractivity contribution in [1.82, 2.24) is 19.6 Å². The number of methoxy groups -OCH3 is 6. The van der Waals surface area contributed by atoms with Crippen LogP contribution in [0.3, 0.4) is 0 Å². The Morgan fingerprint density at radius 2 is 0.864 bits per heavy atom. The van der Waals surface area contributed by atoms with Crippen LogP contribution in [0, 0.1) is 0 Å². The predicted molar refractivity (Wildman–Crippen MR) is 186 cm³/mol. The number of ether oxygens (including phenoxy) is 6. The van der Waals surface area contributed by atoms with Gasteiger partial charge in [-0.05, 0) is 33.7 Å². The van der Waals surface area contributed by atoms with Crippen LogP contribution in [0.25, 0.3) is 0 Å². The van der Waals surface area contributed by atoms with Crippen LogP contribution < -0.4 is 28.4 Å². The van der Waals surface area contributed by atoms with Crippen molar-refractivity contribution in [2.45, 2.75) is 13.1 Å². The van der Waals surface area contributed by atoms with Gasteiger partial charge in [0.1, 0.15) is 8.64 Å². The molecule has 2 aliphatic rings. The molecule has 242 valence electrons. The van der Waals surface area contributed by atoms with Crippen molar-refractivity contribution < 1.29 is 28.4 Å². The maximum absolute atomic E-state index is 5.80. The van der Waals surface area contributed by atoms with Crippen LogP contribution >= 0.6 is 46.0 Å². The molecule has 44 heavy (non-hydrogen) atoms. The smallest absolute Gasteiger partial charge is 0.203 e. The molecule has 14 heteroatoms. The predicted octanol–water partition coefficient (Wildman–Crippen LogP) is 4.62. The Morgan fingerprint density at radius 3 is 1.16 bits per heavy atom. The molecule has 10 nitrogen and oxygen atoms in total. The van der Waals surface area contributed by atoms with Crippen LogP contribution in [0.1, 0.15) is 11.1 Å². The molecule has 0 amide bonds. The normalized spacial score (nSPS) is 16.0. The van der Waals surface area contributed by atoms with Crippen molar-refractivity contribution in [2.24, 2.45) is 0 Å². The molecule has 2 aromatic carbocycles. The topological polar surface area (TPSA) is 68.3 Å². The highest BCUT2D eigenvalue weighted by molar-refractivity contribution is 8.89. The van der Waals surface area contributed by atoms with Crippen LogP contribution in [0.5, 0.6) is 34.5 Å². The van der Waals surface area contributed by atoms with Gasteiger partial charge in [-0.1, -0.05) is 36.6 Å². The van der Waals surface area contributed by atoms with Gasteiger partial charge in [-0.2, -0.15) is 0 Å². The average Bonchev–Trinajstić information content (AvgIpc) is 3.06. The molecular weight excluding hydrogens is 641 g/mol. The van der Waals surface area contributed by atoms with Gasteiger partial charge >= 0.3 is 0 Å². The number of piperazine rings is 2. The Morgan fingerprint density at radius 1 is 0.523 bits per heavy atom. The highest BCUT2D eigenvalue weighted by Crippen LogP contribution is 2.41. The van der Waals surface area contributed by atoms with Crippen molar-refractivity contribution in [2.75, 3.05) is 95.0 Å². The van der Waals surface area contributed by atoms with Gasteiger partial charge in [0, 0.05) is 76.6 Å². The zero-order valence-corrected chi connectivity index (χ0v) is 29.5. The van der Waals surface area contributed by atoms with Gasteiger partial charge < -0.3 is 38.2 Å². The Hall–Kier alpha value is -2.36. The maximum atomic E-state index is 5.80. The van der Waals surface area contributed by atoms with E-state index in [0.29, 0.717) is 34.5 Å². The zero-order chi connectivity index (χ0) is 31.6. The Balaban J connectivity index is 1.20. The van der Waals surface area contributed by atoms with Gasteiger partial charge in [0.05, 0.1) is 42.7 Å². The van der Waals surface area contributed by atoms with Crippen LogP contribution in [0.2, 0.25) is 0 Å². The van der Waals surface area contributed by atoms with E-state index < -0.39 is 0 Å². The summed E-state index contributed by atoms with van der Waals surface area (Å²) in [6.07, 6.45) is 0. The van der Waals surface area contributed by atoms with Crippen molar-refractivity contribution in [3.05, 3.63) is 35.4 Å². The Labute approximate surface area is 279 Å². The maximum Gasteiger partial charge on any atom is 0.203 e. The lowest BCUT2D eigenvalue weighted by atomic mass is 10.1. The lowest BCUT2D eigenvalue weighted by Gasteiger charge is -2.37. The molecule has 0 bridgehead atoms. The van der Waals surface area contributed by atoms with Crippen LogP contribution in [-0.4, -0.2) is 123 Å². The number of hydrogen-bond donors (Lipinski definition) is 0. The number of hydrogen-bond acceptors (Lipinski definition) is 12. The molecule has 0 atom stereocenters. The van der Waals surface area contributed by atoms with Crippen molar-refractivity contribution in [3.8, 4) is 34.5 Å². The summed E-state index contributed by atoms with van der Waals surface area (Å²) < 4.78 is 35.0. The molecule has 0 unspecified atom stereocenters. The van der Waals surface area contributed by atoms with Gasteiger partial charge in [-0.3, -0.25) is 9.80 Å². The van der Waals surface area contributed by atoms with Crippen LogP contribution in [0.4, 0.5) is 0 Å². The fourth-order valence-corrected chi connectivity index (χ4v) is 8.17. The van der Waals surface area contributed by atoms with E-state index in [9.17, 15) is 0 Å². The van der Waals surface area contributed by atoms with Crippen LogP contribution in [0.15, 0.2) is 24.3 Å². The van der Waals surface area contributed by atoms with E-state index in [1.54, 1.807) is 64.2 Å². The van der Waals surface area contributed by atoms with Gasteiger partial charge in [0.2, 0.25) is 11.5 Å². The molecule has 2 heterocycles. The number of thiocarbonyl (C=S) groups is 2. The Bertz CT molecular complexity index is 1190. The van der Waals surface area contributed by atoms with E-state index in [0.717, 1.165) is 85.2 Å². The first-order valence-corrected chi connectivity index (χ1v) is 17.3. The van der Waals surface area contributed by atoms with Gasteiger partial charge in [-0.25, -0.2) is 0 Å². The third-order valence-corrected chi connectivity index (χ3v) is 11.5. The summed E-state index contributed by atoms with van der Waals surface area (Å²) in [5.41, 5.74) is 2.14. The lowest BCUT2D eigenvalue weighted by Crippen LogP contribution is -2.47. The van der Waals surface area contributed by atoms with E-state index in [4.69, 9.17) is 52.9 Å². The highest BCUT2D eigenvalue weighted by Gasteiger charge is 2.25. The first kappa shape index (κ1) is 34.5. The van der Waals surface area contributed by atoms with Crippen molar-refractivity contribution in [1.29, 1.82) is 0 Å². The molecule has 0 aliphatic carbocycles. The van der Waals surface area contributed by atoms with E-state index in [1.807, 2.05) is 24.3 Å². The summed E-state index contributed by atoms with van der Waals surface area (Å²) in [5.74, 6) is 3.99. The minimum Gasteiger partial charge on any atom is -0.493 e. The molecule has 4 rings (SSSR count). The van der Waals surface area contributed by atoms with Gasteiger partial charge in [0.25, 0.3) is 0 Å². The Kier molecular flexibility index (Phi) is 13.2. The largest absolute Gasteiger partial charge is 0.493 e. The van der Waals surface area contributed by atoms with Gasteiger partial charge in [0.15, 0.2) is 23.0 Å². The number of benzene rings is 2. The standard InChI is InChI=1S/C30H42N4O6S4/c1-35-23-9-7-21(25(37-3)27(23)39-5)19-31-11-15-33(16-12-31)29(41)43-44-30(42)34-17-13-32(14-18-34)20-22-8-10-24(36-2)28(40-6)26(22)38-4/h7-10H,11-20H2,1-6H3. The zero-order valence-electron chi connectivity index (χ0n) is 26.3. The second kappa shape index (κ2) is 16.8. The highest BCUT2D eigenvalue weighted by atomic mass is 33.1. The molecule has 0 spiro atoms. The van der Waals surface area contributed by atoms with E-state index in [2.05, 4.69) is 19.6 Å². The SMILES string of the molecule is COc1ccc(CN2CCN(C(=S)SSC(=S)N3CCN(Cc4ccc(OC)c(OC)c4OC)CC3)CC2)c(OC)c1OC. The molecule has 2 saturated heterocycles. The second-order valence-corrected chi connectivity index (χ2v) is 13.6. The van der Waals surface area contributed by atoms with Crippen molar-refractivity contribution in [3.63, 3.8) is 0 Å². The van der Waals surface area contributed by atoms with E-state index in [1.165, 1.54) is 0 Å². The summed E-state index contributed by atoms with van der Waals surface area (Å²) in [5, 5.41) is 0. The number of rotatable bonds is 10. The lowest BCUT2D eigenvalue weighted by molar-refractivity contribution is 0.176. The molecule has 2 fully saturated rings. The fourth-order valence-electron chi connectivity index (χ4n) is 5.41. The molecule has 2 aliphatic heterocycles. The molecule has 0 saturated carbocycles. The molecule has 0 N–H and O–H groups in total. The van der Waals surface area contributed by atoms with Gasteiger partial charge in [-0.15, -0.1) is 0 Å².